The summed E-state index contributed by atoms with van der Waals surface area (Å²) in [5, 5.41) is 7.89. The first-order valence-electron chi connectivity index (χ1n) is 7.34. The van der Waals surface area contributed by atoms with E-state index in [1.54, 1.807) is 11.3 Å². The van der Waals surface area contributed by atoms with Crippen molar-refractivity contribution < 1.29 is 4.79 Å². The van der Waals surface area contributed by atoms with Gasteiger partial charge in [-0.05, 0) is 54.3 Å². The molecule has 1 spiro atoms. The van der Waals surface area contributed by atoms with Gasteiger partial charge < -0.3 is 4.90 Å². The van der Waals surface area contributed by atoms with E-state index >= 15 is 0 Å². The maximum Gasteiger partial charge on any atom is 0.244 e. The predicted molar refractivity (Wildman–Crippen MR) is 84.0 cm³/mol. The third kappa shape index (κ3) is 1.86. The van der Waals surface area contributed by atoms with Crippen LogP contribution in [0.1, 0.15) is 43.8 Å². The fourth-order valence-corrected chi connectivity index (χ4v) is 5.09. The molecule has 108 valence electrons. The first kappa shape index (κ1) is 13.2. The maximum atomic E-state index is 12.8. The number of thiophene rings is 1. The van der Waals surface area contributed by atoms with Gasteiger partial charge in [0.15, 0.2) is 0 Å². The Balaban J connectivity index is 1.62. The summed E-state index contributed by atoms with van der Waals surface area (Å²) in [5.41, 5.74) is 1.04. The van der Waals surface area contributed by atoms with E-state index in [1.807, 2.05) is 11.8 Å². The Labute approximate surface area is 128 Å². The molecule has 1 N–H and O–H groups in total. The molecule has 1 amide bonds. The second kappa shape index (κ2) is 4.49. The summed E-state index contributed by atoms with van der Waals surface area (Å²) >= 11 is 3.66. The summed E-state index contributed by atoms with van der Waals surface area (Å²) in [6, 6.07) is 2.15. The Morgan fingerprint density at radius 2 is 2.25 bits per heavy atom. The second-order valence-corrected chi connectivity index (χ2v) is 8.41. The zero-order valence-electron chi connectivity index (χ0n) is 11.7. The van der Waals surface area contributed by atoms with E-state index in [0.717, 1.165) is 19.4 Å². The topological polar surface area (TPSA) is 32.3 Å². The molecule has 3 aliphatic rings. The Morgan fingerprint density at radius 3 is 2.75 bits per heavy atom. The van der Waals surface area contributed by atoms with Gasteiger partial charge in [-0.2, -0.15) is 23.1 Å². The van der Waals surface area contributed by atoms with Gasteiger partial charge in [-0.1, -0.05) is 6.42 Å². The quantitative estimate of drug-likeness (QED) is 0.928. The highest BCUT2D eigenvalue weighted by Crippen LogP contribution is 2.50. The van der Waals surface area contributed by atoms with Gasteiger partial charge in [0, 0.05) is 11.3 Å². The van der Waals surface area contributed by atoms with Gasteiger partial charge in [0.2, 0.25) is 5.91 Å². The Bertz CT molecular complexity index is 514. The van der Waals surface area contributed by atoms with Gasteiger partial charge in [0.25, 0.3) is 0 Å². The van der Waals surface area contributed by atoms with Crippen molar-refractivity contribution in [2.75, 3.05) is 12.8 Å². The normalized spacial score (nSPS) is 29.8. The molecule has 0 bridgehead atoms. The molecular formula is C15H20N2OS2. The number of nitrogens with one attached hydrogen (secondary N) is 1. The van der Waals surface area contributed by atoms with Crippen molar-refractivity contribution >= 4 is 29.0 Å². The number of amides is 1. The third-order valence-corrected chi connectivity index (χ3v) is 7.26. The minimum atomic E-state index is -0.212. The van der Waals surface area contributed by atoms with E-state index in [9.17, 15) is 4.79 Å². The highest BCUT2D eigenvalue weighted by atomic mass is 32.2. The van der Waals surface area contributed by atoms with Gasteiger partial charge in [-0.25, -0.2) is 0 Å². The van der Waals surface area contributed by atoms with Crippen molar-refractivity contribution in [3.8, 4) is 0 Å². The highest BCUT2D eigenvalue weighted by molar-refractivity contribution is 8.00. The van der Waals surface area contributed by atoms with Crippen LogP contribution in [-0.2, 0) is 4.79 Å². The van der Waals surface area contributed by atoms with Gasteiger partial charge in [0.1, 0.15) is 11.7 Å². The predicted octanol–water partition coefficient (Wildman–Crippen LogP) is 3.00. The van der Waals surface area contributed by atoms with Crippen molar-refractivity contribution in [3.05, 3.63) is 22.4 Å². The monoisotopic (exact) mass is 308 g/mol. The average Bonchev–Trinajstić information content (AvgIpc) is 2.90. The summed E-state index contributed by atoms with van der Waals surface area (Å²) in [7, 11) is 0. The first-order valence-corrected chi connectivity index (χ1v) is 9.51. The average molecular weight is 308 g/mol. The lowest BCUT2D eigenvalue weighted by atomic mass is 9.83. The lowest BCUT2D eigenvalue weighted by molar-refractivity contribution is -0.131. The Hall–Kier alpha value is -0.520. The molecule has 3 nitrogen and oxygen atoms in total. The minimum absolute atomic E-state index is 0.0980. The van der Waals surface area contributed by atoms with Crippen molar-refractivity contribution in [2.24, 2.45) is 0 Å². The molecule has 0 aromatic carbocycles. The summed E-state index contributed by atoms with van der Waals surface area (Å²) in [6.45, 7) is 0.905. The van der Waals surface area contributed by atoms with E-state index in [1.165, 1.54) is 24.8 Å². The molecule has 1 aliphatic heterocycles. The van der Waals surface area contributed by atoms with Gasteiger partial charge >= 0.3 is 0 Å². The fourth-order valence-electron chi connectivity index (χ4n) is 3.44. The van der Waals surface area contributed by atoms with Gasteiger partial charge in [0.05, 0.1) is 0 Å². The number of hydrogen-bond acceptors (Lipinski definition) is 4. The molecule has 1 unspecified atom stereocenters. The van der Waals surface area contributed by atoms with E-state index in [-0.39, 0.29) is 11.7 Å². The van der Waals surface area contributed by atoms with Crippen LogP contribution in [0.5, 0.6) is 0 Å². The number of carbonyl (C=O) groups is 1. The van der Waals surface area contributed by atoms with Crippen LogP contribution in [0.4, 0.5) is 0 Å². The van der Waals surface area contributed by atoms with E-state index < -0.39 is 0 Å². The third-order valence-electron chi connectivity index (χ3n) is 5.16. The molecule has 0 radical (unpaired) electrons. The zero-order valence-corrected chi connectivity index (χ0v) is 13.4. The lowest BCUT2D eigenvalue weighted by Crippen LogP contribution is -2.47. The van der Waals surface area contributed by atoms with Crippen LogP contribution in [0, 0.1) is 0 Å². The number of thioether (sulfide) groups is 1. The van der Waals surface area contributed by atoms with Crippen LogP contribution in [-0.4, -0.2) is 33.9 Å². The molecule has 3 fully saturated rings. The molecule has 1 aromatic heterocycles. The van der Waals surface area contributed by atoms with Crippen molar-refractivity contribution in [2.45, 2.75) is 48.6 Å². The number of nitrogens with zero attached hydrogens (tertiary/aromatic N) is 1. The van der Waals surface area contributed by atoms with Gasteiger partial charge in [-0.15, -0.1) is 0 Å². The van der Waals surface area contributed by atoms with Crippen LogP contribution in [0.3, 0.4) is 0 Å². The maximum absolute atomic E-state index is 12.8. The summed E-state index contributed by atoms with van der Waals surface area (Å²) in [6.07, 6.45) is 8.12. The number of carbonyl (C=O) groups excluding carboxylic acids is 1. The summed E-state index contributed by atoms with van der Waals surface area (Å²) in [5.74, 6) is 0.342. The van der Waals surface area contributed by atoms with E-state index in [0.29, 0.717) is 10.7 Å². The summed E-state index contributed by atoms with van der Waals surface area (Å²) in [4.78, 5) is 14.9. The molecule has 20 heavy (non-hydrogen) atoms. The number of rotatable bonds is 4. The van der Waals surface area contributed by atoms with Crippen LogP contribution in [0.15, 0.2) is 16.8 Å². The molecule has 1 aromatic rings. The van der Waals surface area contributed by atoms with Crippen LogP contribution >= 0.6 is 23.1 Å². The largest absolute Gasteiger partial charge is 0.320 e. The van der Waals surface area contributed by atoms with Crippen LogP contribution in [0.2, 0.25) is 0 Å². The van der Waals surface area contributed by atoms with Crippen LogP contribution in [0.25, 0.3) is 0 Å². The highest BCUT2D eigenvalue weighted by Gasteiger charge is 2.60. The van der Waals surface area contributed by atoms with E-state index in [2.05, 4.69) is 33.3 Å². The SMILES string of the molecule is CSC1(CN2C(=O)C3(CC3)NC2c2ccsc2)CCC1. The van der Waals surface area contributed by atoms with E-state index in [4.69, 9.17) is 0 Å². The summed E-state index contributed by atoms with van der Waals surface area (Å²) < 4.78 is 0.312. The van der Waals surface area contributed by atoms with Crippen LogP contribution < -0.4 is 5.32 Å². The zero-order chi connectivity index (χ0) is 13.8. The number of hydrogen-bond donors (Lipinski definition) is 1. The molecule has 5 heteroatoms. The molecule has 2 saturated carbocycles. The Morgan fingerprint density at radius 1 is 1.45 bits per heavy atom. The molecular weight excluding hydrogens is 288 g/mol. The standard InChI is InChI=1S/C15H20N2OS2/c1-19-14(4-2-5-14)10-17-12(11-3-8-20-9-11)16-15(6-7-15)13(17)18/h3,8-9,12,16H,2,4-7,10H2,1H3. The lowest BCUT2D eigenvalue weighted by Gasteiger charge is -2.44. The van der Waals surface area contributed by atoms with Gasteiger partial charge in [-0.3, -0.25) is 10.1 Å². The van der Waals surface area contributed by atoms with Crippen molar-refractivity contribution in [1.82, 2.24) is 10.2 Å². The fraction of sp³-hybridized carbons (Fsp3) is 0.667. The molecule has 4 rings (SSSR count). The minimum Gasteiger partial charge on any atom is -0.320 e. The smallest absolute Gasteiger partial charge is 0.244 e. The Kier molecular flexibility index (Phi) is 2.95. The van der Waals surface area contributed by atoms with Crippen molar-refractivity contribution in [1.29, 1.82) is 0 Å². The first-order chi connectivity index (χ1) is 9.68. The second-order valence-electron chi connectivity index (χ2n) is 6.36. The molecule has 1 saturated heterocycles. The van der Waals surface area contributed by atoms with Crippen molar-refractivity contribution in [3.63, 3.8) is 0 Å². The molecule has 2 heterocycles. The molecule has 2 aliphatic carbocycles. The molecule has 1 atom stereocenters.